The van der Waals surface area contributed by atoms with Crippen molar-refractivity contribution in [2.45, 2.75) is 4.34 Å². The second-order valence-electron chi connectivity index (χ2n) is 3.48. The maximum Gasteiger partial charge on any atom is 0.227 e. The van der Waals surface area contributed by atoms with E-state index in [2.05, 4.69) is 15.5 Å². The third-order valence-electron chi connectivity index (χ3n) is 2.09. The van der Waals surface area contributed by atoms with Crippen molar-refractivity contribution >= 4 is 39.8 Å². The van der Waals surface area contributed by atoms with Crippen LogP contribution in [0.3, 0.4) is 0 Å². The number of amides is 1. The Labute approximate surface area is 118 Å². The Morgan fingerprint density at radius 3 is 2.79 bits per heavy atom. The third kappa shape index (κ3) is 4.11. The number of benzene rings is 1. The highest BCUT2D eigenvalue weighted by molar-refractivity contribution is 8.01. The lowest BCUT2D eigenvalue weighted by Gasteiger charge is -2.03. The molecule has 8 heteroatoms. The van der Waals surface area contributed by atoms with E-state index in [0.717, 1.165) is 11.4 Å². The third-order valence-corrected chi connectivity index (χ3v) is 4.08. The first-order valence-electron chi connectivity index (χ1n) is 5.33. The fourth-order valence-corrected chi connectivity index (χ4v) is 2.76. The molecule has 3 N–H and O–H groups in total. The maximum absolute atomic E-state index is 10.7. The van der Waals surface area contributed by atoms with E-state index in [0.29, 0.717) is 9.47 Å². The second kappa shape index (κ2) is 6.39. The Balaban J connectivity index is 1.96. The molecule has 2 aromatic rings. The Kier molecular flexibility index (Phi) is 4.58. The summed E-state index contributed by atoms with van der Waals surface area (Å²) in [6, 6.07) is 7.48. The fourth-order valence-electron chi connectivity index (χ4n) is 1.25. The van der Waals surface area contributed by atoms with Crippen LogP contribution in [-0.2, 0) is 4.79 Å². The first-order chi connectivity index (χ1) is 9.17. The van der Waals surface area contributed by atoms with E-state index >= 15 is 0 Å². The molecule has 1 heterocycles. The van der Waals surface area contributed by atoms with Gasteiger partial charge in [-0.25, -0.2) is 0 Å². The first kappa shape index (κ1) is 13.6. The summed E-state index contributed by atoms with van der Waals surface area (Å²) in [7, 11) is 1.62. The minimum absolute atomic E-state index is 0.206. The van der Waals surface area contributed by atoms with E-state index < -0.39 is 0 Å². The zero-order chi connectivity index (χ0) is 13.7. The highest BCUT2D eigenvalue weighted by Gasteiger charge is 2.06. The number of aromatic nitrogens is 2. The average Bonchev–Trinajstić information content (AvgIpc) is 2.85. The molecular formula is C11H12N4O2S2. The smallest absolute Gasteiger partial charge is 0.227 e. The summed E-state index contributed by atoms with van der Waals surface area (Å²) in [4.78, 5) is 10.7. The van der Waals surface area contributed by atoms with Crippen molar-refractivity contribution in [1.82, 2.24) is 10.2 Å². The molecule has 0 atom stereocenters. The number of carbonyl (C=O) groups is 1. The van der Waals surface area contributed by atoms with Gasteiger partial charge in [0, 0.05) is 5.69 Å². The molecule has 0 aliphatic rings. The number of carbonyl (C=O) groups excluding carboxylic acids is 1. The molecule has 0 unspecified atom stereocenters. The summed E-state index contributed by atoms with van der Waals surface area (Å²) < 4.78 is 5.78. The number of primary amides is 1. The second-order valence-corrected chi connectivity index (χ2v) is 5.68. The monoisotopic (exact) mass is 296 g/mol. The van der Waals surface area contributed by atoms with Gasteiger partial charge >= 0.3 is 0 Å². The van der Waals surface area contributed by atoms with Crippen LogP contribution >= 0.6 is 23.1 Å². The van der Waals surface area contributed by atoms with E-state index in [-0.39, 0.29) is 11.7 Å². The van der Waals surface area contributed by atoms with Crippen LogP contribution in [0.5, 0.6) is 5.75 Å². The molecule has 0 saturated carbocycles. The highest BCUT2D eigenvalue weighted by Crippen LogP contribution is 2.27. The molecule has 6 nitrogen and oxygen atoms in total. The van der Waals surface area contributed by atoms with Gasteiger partial charge in [0.25, 0.3) is 0 Å². The molecule has 0 fully saturated rings. The van der Waals surface area contributed by atoms with Crippen LogP contribution < -0.4 is 15.8 Å². The molecule has 0 bridgehead atoms. The minimum atomic E-state index is -0.370. The van der Waals surface area contributed by atoms with Crippen LogP contribution in [-0.4, -0.2) is 29.0 Å². The SMILES string of the molecule is COc1ccc(Nc2nnc(SCC(N)=O)s2)cc1. The molecule has 0 aliphatic carbocycles. The standard InChI is InChI=1S/C11H12N4O2S2/c1-17-8-4-2-7(3-5-8)13-10-14-15-11(19-10)18-6-9(12)16/h2-5H,6H2,1H3,(H2,12,16)(H,13,14). The number of nitrogens with zero attached hydrogens (tertiary/aromatic N) is 2. The summed E-state index contributed by atoms with van der Waals surface area (Å²) in [5.41, 5.74) is 5.96. The Hall–Kier alpha value is -1.80. The van der Waals surface area contributed by atoms with Gasteiger partial charge in [-0.1, -0.05) is 23.1 Å². The van der Waals surface area contributed by atoms with E-state index in [1.807, 2.05) is 24.3 Å². The molecule has 100 valence electrons. The fraction of sp³-hybridized carbons (Fsp3) is 0.182. The molecule has 1 aromatic carbocycles. The molecule has 0 spiro atoms. The van der Waals surface area contributed by atoms with Crippen LogP contribution in [0, 0.1) is 0 Å². The summed E-state index contributed by atoms with van der Waals surface area (Å²) >= 11 is 2.65. The van der Waals surface area contributed by atoms with Gasteiger partial charge in [0.1, 0.15) is 5.75 Å². The van der Waals surface area contributed by atoms with Gasteiger partial charge in [0.2, 0.25) is 11.0 Å². The molecule has 0 aliphatic heterocycles. The van der Waals surface area contributed by atoms with Crippen molar-refractivity contribution in [3.05, 3.63) is 24.3 Å². The average molecular weight is 296 g/mol. The van der Waals surface area contributed by atoms with Gasteiger partial charge < -0.3 is 15.8 Å². The van der Waals surface area contributed by atoms with Gasteiger partial charge in [-0.15, -0.1) is 10.2 Å². The van der Waals surface area contributed by atoms with Crippen molar-refractivity contribution in [2.75, 3.05) is 18.2 Å². The number of thioether (sulfide) groups is 1. The van der Waals surface area contributed by atoms with Crippen LogP contribution in [0.15, 0.2) is 28.6 Å². The molecule has 0 saturated heterocycles. The zero-order valence-corrected chi connectivity index (χ0v) is 11.8. The molecule has 0 radical (unpaired) electrons. The summed E-state index contributed by atoms with van der Waals surface area (Å²) in [5.74, 6) is 0.627. The first-order valence-corrected chi connectivity index (χ1v) is 7.13. The number of hydrogen-bond donors (Lipinski definition) is 2. The number of ether oxygens (including phenoxy) is 1. The Morgan fingerprint density at radius 2 is 2.16 bits per heavy atom. The van der Waals surface area contributed by atoms with Crippen molar-refractivity contribution in [1.29, 1.82) is 0 Å². The number of anilines is 2. The van der Waals surface area contributed by atoms with Gasteiger partial charge in [-0.05, 0) is 24.3 Å². The van der Waals surface area contributed by atoms with Gasteiger partial charge in [0.05, 0.1) is 12.9 Å². The predicted molar refractivity (Wildman–Crippen MR) is 76.1 cm³/mol. The van der Waals surface area contributed by atoms with Crippen molar-refractivity contribution in [2.24, 2.45) is 5.73 Å². The molecule has 1 aromatic heterocycles. The van der Waals surface area contributed by atoms with Gasteiger partial charge in [-0.3, -0.25) is 4.79 Å². The van der Waals surface area contributed by atoms with Gasteiger partial charge in [0.15, 0.2) is 4.34 Å². The normalized spacial score (nSPS) is 10.2. The molecular weight excluding hydrogens is 284 g/mol. The van der Waals surface area contributed by atoms with E-state index in [4.69, 9.17) is 10.5 Å². The maximum atomic E-state index is 10.7. The largest absolute Gasteiger partial charge is 0.497 e. The predicted octanol–water partition coefficient (Wildman–Crippen LogP) is 1.87. The van der Waals surface area contributed by atoms with Crippen molar-refractivity contribution < 1.29 is 9.53 Å². The van der Waals surface area contributed by atoms with Crippen LogP contribution in [0.4, 0.5) is 10.8 Å². The van der Waals surface area contributed by atoms with Gasteiger partial charge in [-0.2, -0.15) is 0 Å². The van der Waals surface area contributed by atoms with Crippen LogP contribution in [0.2, 0.25) is 0 Å². The molecule has 19 heavy (non-hydrogen) atoms. The molecule has 1 amide bonds. The number of rotatable bonds is 6. The summed E-state index contributed by atoms with van der Waals surface area (Å²) in [5, 5.41) is 11.7. The summed E-state index contributed by atoms with van der Waals surface area (Å²) in [6.45, 7) is 0. The lowest BCUT2D eigenvalue weighted by Crippen LogP contribution is -2.12. The van der Waals surface area contributed by atoms with E-state index in [9.17, 15) is 4.79 Å². The van der Waals surface area contributed by atoms with Crippen LogP contribution in [0.1, 0.15) is 0 Å². The lowest BCUT2D eigenvalue weighted by molar-refractivity contribution is -0.115. The number of methoxy groups -OCH3 is 1. The highest BCUT2D eigenvalue weighted by atomic mass is 32.2. The summed E-state index contributed by atoms with van der Waals surface area (Å²) in [6.07, 6.45) is 0. The topological polar surface area (TPSA) is 90.1 Å². The zero-order valence-electron chi connectivity index (χ0n) is 10.1. The molecule has 2 rings (SSSR count). The minimum Gasteiger partial charge on any atom is -0.497 e. The quantitative estimate of drug-likeness (QED) is 0.791. The lowest BCUT2D eigenvalue weighted by atomic mass is 10.3. The van der Waals surface area contributed by atoms with Crippen molar-refractivity contribution in [3.63, 3.8) is 0 Å². The Morgan fingerprint density at radius 1 is 1.42 bits per heavy atom. The van der Waals surface area contributed by atoms with E-state index in [1.165, 1.54) is 23.1 Å². The van der Waals surface area contributed by atoms with Crippen LogP contribution in [0.25, 0.3) is 0 Å². The number of hydrogen-bond acceptors (Lipinski definition) is 7. The number of nitrogens with one attached hydrogen (secondary N) is 1. The van der Waals surface area contributed by atoms with Crippen molar-refractivity contribution in [3.8, 4) is 5.75 Å². The number of nitrogens with two attached hydrogens (primary N) is 1. The Bertz CT molecular complexity index is 556. The van der Waals surface area contributed by atoms with E-state index in [1.54, 1.807) is 7.11 Å².